The van der Waals surface area contributed by atoms with Crippen LogP contribution in [0.25, 0.3) is 0 Å². The second-order valence-corrected chi connectivity index (χ2v) is 2.70. The second-order valence-electron chi connectivity index (χ2n) is 2.70. The average molecular weight is 185 g/mol. The summed E-state index contributed by atoms with van der Waals surface area (Å²) in [5.74, 6) is 0.182. The van der Waals surface area contributed by atoms with Gasteiger partial charge in [0.05, 0.1) is 0 Å². The lowest BCUT2D eigenvalue weighted by Gasteiger charge is -2.25. The molecule has 1 aliphatic rings. The molecule has 0 aromatic heterocycles. The third-order valence-electron chi connectivity index (χ3n) is 1.44. The fourth-order valence-electron chi connectivity index (χ4n) is 0.720. The van der Waals surface area contributed by atoms with E-state index in [1.165, 1.54) is 17.2 Å². The van der Waals surface area contributed by atoms with Gasteiger partial charge in [0.15, 0.2) is 0 Å². The molecule has 5 nitrogen and oxygen atoms in total. The Kier molecular flexibility index (Phi) is 1.74. The molecular weight excluding hydrogens is 168 g/mol. The zero-order valence-corrected chi connectivity index (χ0v) is 7.53. The Hall–Kier alpha value is -1.65. The predicted molar refractivity (Wildman–Crippen MR) is 50.3 cm³/mol. The number of amides is 2. The number of allylic oxidation sites excluding steroid dienone is 2. The van der Waals surface area contributed by atoms with E-state index in [4.69, 9.17) is 4.11 Å². The zero-order chi connectivity index (χ0) is 12.3. The smallest absolute Gasteiger partial charge is 0.322 e. The molecule has 13 heavy (non-hydrogen) atoms. The van der Waals surface area contributed by atoms with E-state index < -0.39 is 13.0 Å². The molecule has 0 fully saturated rings. The van der Waals surface area contributed by atoms with Crippen LogP contribution in [0, 0.1) is 0 Å². The van der Waals surface area contributed by atoms with Crippen LogP contribution in [0.3, 0.4) is 0 Å². The van der Waals surface area contributed by atoms with Gasteiger partial charge in [0.2, 0.25) is 0 Å². The Bertz CT molecular complexity index is 335. The molecule has 0 bridgehead atoms. The summed E-state index contributed by atoms with van der Waals surface area (Å²) in [6, 6.07) is -0.391. The van der Waals surface area contributed by atoms with Gasteiger partial charge in [0.1, 0.15) is 5.82 Å². The Labute approximate surface area is 81.9 Å². The van der Waals surface area contributed by atoms with Crippen molar-refractivity contribution in [1.29, 1.82) is 0 Å². The van der Waals surface area contributed by atoms with Crippen molar-refractivity contribution in [2.24, 2.45) is 0 Å². The number of hydrogen-bond donors (Lipinski definition) is 2. The van der Waals surface area contributed by atoms with Crippen LogP contribution in [0.15, 0.2) is 24.2 Å². The largest absolute Gasteiger partial charge is 0.331 e. The van der Waals surface area contributed by atoms with Crippen molar-refractivity contribution in [2.75, 3.05) is 21.1 Å². The summed E-state index contributed by atoms with van der Waals surface area (Å²) in [4.78, 5) is 12.7. The van der Waals surface area contributed by atoms with Gasteiger partial charge in [-0.3, -0.25) is 10.3 Å². The van der Waals surface area contributed by atoms with E-state index in [1.54, 1.807) is 20.2 Å². The quantitative estimate of drug-likeness (QED) is 0.607. The van der Waals surface area contributed by atoms with Gasteiger partial charge in [-0.1, -0.05) is 0 Å². The Morgan fingerprint density at radius 1 is 1.77 bits per heavy atom. The van der Waals surface area contributed by atoms with Crippen LogP contribution in [0.4, 0.5) is 4.79 Å². The molecule has 0 radical (unpaired) electrons. The SMILES string of the molecule is [2H]C([2H])([2H])N1NC=CC=C1NC(=O)N(C)C. The summed E-state index contributed by atoms with van der Waals surface area (Å²) in [5.41, 5.74) is 2.54. The number of hydrogen-bond acceptors (Lipinski definition) is 3. The first kappa shape index (κ1) is 5.90. The van der Waals surface area contributed by atoms with Crippen LogP contribution in [0.2, 0.25) is 0 Å². The first-order valence-electron chi connectivity index (χ1n) is 5.24. The molecule has 5 heteroatoms. The van der Waals surface area contributed by atoms with Crippen LogP contribution in [0.1, 0.15) is 4.11 Å². The lowest BCUT2D eigenvalue weighted by molar-refractivity contribution is 0.213. The van der Waals surface area contributed by atoms with E-state index in [1.807, 2.05) is 0 Å². The summed E-state index contributed by atoms with van der Waals surface area (Å²) < 4.78 is 21.8. The number of nitrogens with one attached hydrogen (secondary N) is 2. The van der Waals surface area contributed by atoms with Crippen LogP contribution in [-0.2, 0) is 0 Å². The van der Waals surface area contributed by atoms with E-state index in [0.717, 1.165) is 5.01 Å². The molecular formula is C8H14N4O. The van der Waals surface area contributed by atoms with E-state index >= 15 is 0 Å². The fourth-order valence-corrected chi connectivity index (χ4v) is 0.720. The van der Waals surface area contributed by atoms with Gasteiger partial charge < -0.3 is 10.3 Å². The monoisotopic (exact) mass is 185 g/mol. The lowest BCUT2D eigenvalue weighted by Crippen LogP contribution is -2.43. The molecule has 0 unspecified atom stereocenters. The molecule has 72 valence electrons. The van der Waals surface area contributed by atoms with Crippen LogP contribution in [-0.4, -0.2) is 37.0 Å². The van der Waals surface area contributed by atoms with Crippen molar-refractivity contribution in [3.63, 3.8) is 0 Å². The van der Waals surface area contributed by atoms with Crippen LogP contribution >= 0.6 is 0 Å². The van der Waals surface area contributed by atoms with Gasteiger partial charge >= 0.3 is 6.03 Å². The predicted octanol–water partition coefficient (Wildman–Crippen LogP) is 0.0627. The minimum Gasteiger partial charge on any atom is -0.331 e. The third-order valence-corrected chi connectivity index (χ3v) is 1.44. The molecule has 1 rings (SSSR count). The van der Waals surface area contributed by atoms with Gasteiger partial charge in [-0.2, -0.15) is 0 Å². The molecule has 0 saturated carbocycles. The molecule has 0 aliphatic carbocycles. The van der Waals surface area contributed by atoms with Crippen LogP contribution in [0.5, 0.6) is 0 Å². The maximum Gasteiger partial charge on any atom is 0.322 e. The summed E-state index contributed by atoms with van der Waals surface area (Å²) in [5, 5.41) is 3.39. The maximum atomic E-state index is 11.4. The Balaban J connectivity index is 2.79. The van der Waals surface area contributed by atoms with E-state index in [0.29, 0.717) is 0 Å². The number of urea groups is 1. The molecule has 2 amide bonds. The molecule has 0 spiro atoms. The standard InChI is InChI=1S/C8H14N4O/c1-11(2)8(13)10-7-5-4-6-9-12(7)3/h4-6,9H,1-3H3,(H,10,13)/i3D3. The van der Waals surface area contributed by atoms with Crippen molar-refractivity contribution < 1.29 is 8.91 Å². The molecule has 1 heterocycles. The number of carbonyl (C=O) groups is 1. The molecule has 0 aromatic carbocycles. The van der Waals surface area contributed by atoms with Crippen molar-refractivity contribution in [1.82, 2.24) is 20.7 Å². The maximum absolute atomic E-state index is 11.4. The first-order valence-corrected chi connectivity index (χ1v) is 3.74. The molecule has 2 N–H and O–H groups in total. The highest BCUT2D eigenvalue weighted by Gasteiger charge is 2.10. The third kappa shape index (κ3) is 2.40. The normalized spacial score (nSPS) is 19.1. The van der Waals surface area contributed by atoms with Crippen molar-refractivity contribution in [3.05, 3.63) is 24.2 Å². The Morgan fingerprint density at radius 3 is 3.15 bits per heavy atom. The molecule has 0 saturated heterocycles. The van der Waals surface area contributed by atoms with E-state index in [2.05, 4.69) is 10.7 Å². The summed E-state index contributed by atoms with van der Waals surface area (Å²) in [7, 11) is 3.14. The van der Waals surface area contributed by atoms with Crippen LogP contribution < -0.4 is 10.7 Å². The van der Waals surface area contributed by atoms with Crippen molar-refractivity contribution in [3.8, 4) is 0 Å². The highest BCUT2D eigenvalue weighted by atomic mass is 16.2. The molecule has 0 aromatic rings. The minimum atomic E-state index is -2.36. The lowest BCUT2D eigenvalue weighted by atomic mass is 10.4. The summed E-state index contributed by atoms with van der Waals surface area (Å²) in [6.45, 7) is -2.36. The summed E-state index contributed by atoms with van der Waals surface area (Å²) >= 11 is 0. The Morgan fingerprint density at radius 2 is 2.54 bits per heavy atom. The van der Waals surface area contributed by atoms with Crippen molar-refractivity contribution in [2.45, 2.75) is 0 Å². The van der Waals surface area contributed by atoms with Gasteiger partial charge in [-0.15, -0.1) is 0 Å². The van der Waals surface area contributed by atoms with Gasteiger partial charge in [0.25, 0.3) is 0 Å². The number of carbonyl (C=O) groups excluding carboxylic acids is 1. The number of nitrogens with zero attached hydrogens (tertiary/aromatic N) is 2. The zero-order valence-electron chi connectivity index (χ0n) is 10.5. The average Bonchev–Trinajstić information content (AvgIpc) is 2.16. The fraction of sp³-hybridized carbons (Fsp3) is 0.375. The van der Waals surface area contributed by atoms with Crippen molar-refractivity contribution >= 4 is 6.03 Å². The number of hydrazine groups is 1. The van der Waals surface area contributed by atoms with Gasteiger partial charge in [-0.25, -0.2) is 4.79 Å². The minimum absolute atomic E-state index is 0.182. The molecule has 0 atom stereocenters. The highest BCUT2D eigenvalue weighted by Crippen LogP contribution is 1.99. The topological polar surface area (TPSA) is 47.6 Å². The highest BCUT2D eigenvalue weighted by molar-refractivity contribution is 5.75. The van der Waals surface area contributed by atoms with E-state index in [9.17, 15) is 4.79 Å². The molecule has 1 aliphatic heterocycles. The van der Waals surface area contributed by atoms with Gasteiger partial charge in [0, 0.05) is 31.4 Å². The van der Waals surface area contributed by atoms with E-state index in [-0.39, 0.29) is 5.82 Å². The summed E-state index contributed by atoms with van der Waals surface area (Å²) in [6.07, 6.45) is 4.58. The number of rotatable bonds is 1. The van der Waals surface area contributed by atoms with Gasteiger partial charge in [-0.05, 0) is 12.2 Å². The second kappa shape index (κ2) is 3.84. The first-order chi connectivity index (χ1) is 7.32.